The maximum absolute atomic E-state index is 11.4. The van der Waals surface area contributed by atoms with Gasteiger partial charge in [-0.25, -0.2) is 4.79 Å². The maximum atomic E-state index is 11.4. The summed E-state index contributed by atoms with van der Waals surface area (Å²) in [5, 5.41) is 12.2. The second-order valence-electron chi connectivity index (χ2n) is 4.21. The van der Waals surface area contributed by atoms with Crippen LogP contribution < -0.4 is 11.1 Å². The van der Waals surface area contributed by atoms with Gasteiger partial charge in [0.1, 0.15) is 0 Å². The first-order valence-electron chi connectivity index (χ1n) is 5.27. The van der Waals surface area contributed by atoms with Gasteiger partial charge in [0.05, 0.1) is 7.11 Å². The van der Waals surface area contributed by atoms with E-state index in [0.717, 1.165) is 0 Å². The topological polar surface area (TPSA) is 102 Å². The summed E-state index contributed by atoms with van der Waals surface area (Å²) in [5.74, 6) is -1.07. The van der Waals surface area contributed by atoms with Crippen LogP contribution in [0.3, 0.4) is 0 Å². The Hall–Kier alpha value is -1.14. The van der Waals surface area contributed by atoms with Gasteiger partial charge in [0, 0.05) is 18.0 Å². The molecule has 0 aromatic rings. The SMILES string of the molecule is COC(=O)C(O)[C@@H](N)C[C@@H]1C[C@@H](C)NC1=O. The van der Waals surface area contributed by atoms with Crippen molar-refractivity contribution in [3.63, 3.8) is 0 Å². The molecule has 1 aliphatic heterocycles. The lowest BCUT2D eigenvalue weighted by atomic mass is 9.94. The number of nitrogens with two attached hydrogens (primary N) is 1. The van der Waals surface area contributed by atoms with Crippen molar-refractivity contribution in [2.24, 2.45) is 11.7 Å². The molecule has 4 atom stereocenters. The second-order valence-corrected chi connectivity index (χ2v) is 4.21. The number of esters is 1. The summed E-state index contributed by atoms with van der Waals surface area (Å²) in [7, 11) is 1.18. The van der Waals surface area contributed by atoms with E-state index >= 15 is 0 Å². The van der Waals surface area contributed by atoms with Crippen LogP contribution in [0.5, 0.6) is 0 Å². The Morgan fingerprint density at radius 3 is 2.81 bits per heavy atom. The van der Waals surface area contributed by atoms with Crippen molar-refractivity contribution in [1.29, 1.82) is 0 Å². The van der Waals surface area contributed by atoms with E-state index in [9.17, 15) is 14.7 Å². The maximum Gasteiger partial charge on any atom is 0.336 e. The van der Waals surface area contributed by atoms with Crippen molar-refractivity contribution in [3.05, 3.63) is 0 Å². The molecule has 1 rings (SSSR count). The molecule has 0 aliphatic carbocycles. The molecular weight excluding hydrogens is 212 g/mol. The number of aliphatic hydroxyl groups is 1. The number of hydrogen-bond acceptors (Lipinski definition) is 5. The van der Waals surface area contributed by atoms with Crippen molar-refractivity contribution in [2.75, 3.05) is 7.11 Å². The van der Waals surface area contributed by atoms with Gasteiger partial charge in [-0.2, -0.15) is 0 Å². The highest BCUT2D eigenvalue weighted by atomic mass is 16.5. The van der Waals surface area contributed by atoms with Gasteiger partial charge in [-0.05, 0) is 19.8 Å². The molecule has 1 amide bonds. The molecule has 1 unspecified atom stereocenters. The highest BCUT2D eigenvalue weighted by Gasteiger charge is 2.34. The van der Waals surface area contributed by atoms with Crippen molar-refractivity contribution in [2.45, 2.75) is 38.0 Å². The molecule has 0 spiro atoms. The van der Waals surface area contributed by atoms with Gasteiger partial charge in [-0.3, -0.25) is 4.79 Å². The monoisotopic (exact) mass is 230 g/mol. The van der Waals surface area contributed by atoms with E-state index in [1.807, 2.05) is 6.92 Å². The summed E-state index contributed by atoms with van der Waals surface area (Å²) in [5.41, 5.74) is 5.65. The third kappa shape index (κ3) is 2.93. The smallest absolute Gasteiger partial charge is 0.336 e. The normalized spacial score (nSPS) is 28.4. The third-order valence-corrected chi connectivity index (χ3v) is 2.80. The van der Waals surface area contributed by atoms with Crippen molar-refractivity contribution >= 4 is 11.9 Å². The Morgan fingerprint density at radius 1 is 1.75 bits per heavy atom. The van der Waals surface area contributed by atoms with Gasteiger partial charge in [-0.1, -0.05) is 0 Å². The first-order valence-corrected chi connectivity index (χ1v) is 5.27. The molecule has 1 saturated heterocycles. The minimum atomic E-state index is -1.37. The fourth-order valence-electron chi connectivity index (χ4n) is 1.91. The Bertz CT molecular complexity index is 282. The van der Waals surface area contributed by atoms with Crippen molar-refractivity contribution in [1.82, 2.24) is 5.32 Å². The summed E-state index contributed by atoms with van der Waals surface area (Å²) in [4.78, 5) is 22.4. The molecule has 1 heterocycles. The van der Waals surface area contributed by atoms with E-state index in [4.69, 9.17) is 5.73 Å². The number of methoxy groups -OCH3 is 1. The summed E-state index contributed by atoms with van der Waals surface area (Å²) in [6.07, 6.45) is -0.402. The van der Waals surface area contributed by atoms with Crippen LogP contribution >= 0.6 is 0 Å². The molecule has 1 fully saturated rings. The zero-order chi connectivity index (χ0) is 12.3. The van der Waals surface area contributed by atoms with Crippen LogP contribution in [0.25, 0.3) is 0 Å². The Labute approximate surface area is 94.1 Å². The number of aliphatic hydroxyl groups excluding tert-OH is 1. The quantitative estimate of drug-likeness (QED) is 0.524. The second kappa shape index (κ2) is 5.27. The first-order chi connectivity index (χ1) is 7.45. The van der Waals surface area contributed by atoms with E-state index < -0.39 is 18.1 Å². The van der Waals surface area contributed by atoms with Gasteiger partial charge in [-0.15, -0.1) is 0 Å². The highest BCUT2D eigenvalue weighted by molar-refractivity contribution is 5.81. The summed E-state index contributed by atoms with van der Waals surface area (Å²) in [6.45, 7) is 1.90. The fraction of sp³-hybridized carbons (Fsp3) is 0.800. The van der Waals surface area contributed by atoms with E-state index in [0.29, 0.717) is 6.42 Å². The van der Waals surface area contributed by atoms with Crippen LogP contribution in [0.4, 0.5) is 0 Å². The number of rotatable bonds is 4. The standard InChI is InChI=1S/C10H18N2O4/c1-5-3-6(9(14)12-5)4-7(11)8(13)10(15)16-2/h5-8,13H,3-4,11H2,1-2H3,(H,12,14)/t5-,6+,7+,8?/m1/s1. The van der Waals surface area contributed by atoms with E-state index in [1.165, 1.54) is 7.11 Å². The van der Waals surface area contributed by atoms with Crippen molar-refractivity contribution in [3.8, 4) is 0 Å². The predicted octanol–water partition coefficient (Wildman–Crippen LogP) is -1.24. The molecule has 6 heteroatoms. The lowest BCUT2D eigenvalue weighted by Gasteiger charge is -2.18. The number of nitrogens with one attached hydrogen (secondary N) is 1. The van der Waals surface area contributed by atoms with Crippen LogP contribution in [-0.2, 0) is 14.3 Å². The van der Waals surface area contributed by atoms with Crippen LogP contribution in [0.15, 0.2) is 0 Å². The van der Waals surface area contributed by atoms with Crippen LogP contribution in [0, 0.1) is 5.92 Å². The summed E-state index contributed by atoms with van der Waals surface area (Å²) >= 11 is 0. The number of carbonyl (C=O) groups excluding carboxylic acids is 2. The molecule has 92 valence electrons. The number of ether oxygens (including phenoxy) is 1. The molecular formula is C10H18N2O4. The largest absolute Gasteiger partial charge is 0.467 e. The van der Waals surface area contributed by atoms with Gasteiger partial charge in [0.25, 0.3) is 0 Å². The van der Waals surface area contributed by atoms with Crippen LogP contribution in [-0.4, -0.2) is 42.3 Å². The molecule has 0 saturated carbocycles. The Balaban J connectivity index is 2.48. The number of amides is 1. The van der Waals surface area contributed by atoms with Gasteiger partial charge in [0.2, 0.25) is 5.91 Å². The number of hydrogen-bond donors (Lipinski definition) is 3. The average molecular weight is 230 g/mol. The van der Waals surface area contributed by atoms with E-state index in [2.05, 4.69) is 10.1 Å². The first kappa shape index (κ1) is 12.9. The van der Waals surface area contributed by atoms with E-state index in [-0.39, 0.29) is 24.3 Å². The minimum absolute atomic E-state index is 0.0694. The molecule has 4 N–H and O–H groups in total. The molecule has 1 aliphatic rings. The lowest BCUT2D eigenvalue weighted by molar-refractivity contribution is -0.151. The zero-order valence-corrected chi connectivity index (χ0v) is 9.47. The molecule has 0 aromatic carbocycles. The van der Waals surface area contributed by atoms with Crippen LogP contribution in [0.1, 0.15) is 19.8 Å². The van der Waals surface area contributed by atoms with Gasteiger partial charge >= 0.3 is 5.97 Å². The molecule has 0 bridgehead atoms. The average Bonchev–Trinajstić information content (AvgIpc) is 2.55. The number of carbonyl (C=O) groups is 2. The minimum Gasteiger partial charge on any atom is -0.467 e. The lowest BCUT2D eigenvalue weighted by Crippen LogP contribution is -2.43. The van der Waals surface area contributed by atoms with Gasteiger partial charge in [0.15, 0.2) is 6.10 Å². The molecule has 16 heavy (non-hydrogen) atoms. The highest BCUT2D eigenvalue weighted by Crippen LogP contribution is 2.20. The zero-order valence-electron chi connectivity index (χ0n) is 9.47. The Kier molecular flexibility index (Phi) is 4.26. The summed E-state index contributed by atoms with van der Waals surface area (Å²) in [6, 6.07) is -0.645. The Morgan fingerprint density at radius 2 is 2.38 bits per heavy atom. The molecule has 0 aromatic heterocycles. The molecule has 0 radical (unpaired) electrons. The summed E-state index contributed by atoms with van der Waals surface area (Å²) < 4.78 is 4.38. The van der Waals surface area contributed by atoms with Gasteiger partial charge < -0.3 is 20.9 Å². The van der Waals surface area contributed by atoms with Crippen LogP contribution in [0.2, 0.25) is 0 Å². The fourth-order valence-corrected chi connectivity index (χ4v) is 1.91. The predicted molar refractivity (Wildman–Crippen MR) is 56.3 cm³/mol. The van der Waals surface area contributed by atoms with Crippen molar-refractivity contribution < 1.29 is 19.4 Å². The molecule has 6 nitrogen and oxygen atoms in total. The third-order valence-electron chi connectivity index (χ3n) is 2.80. The van der Waals surface area contributed by atoms with E-state index in [1.54, 1.807) is 0 Å².